The number of dihydropyridines is 1. The van der Waals surface area contributed by atoms with Gasteiger partial charge in [-0.05, 0) is 26.3 Å². The molecule has 36 heavy (non-hydrogen) atoms. The van der Waals surface area contributed by atoms with Gasteiger partial charge in [0, 0.05) is 23.5 Å². The molecule has 13 heteroatoms. The van der Waals surface area contributed by atoms with Gasteiger partial charge in [-0.25, -0.2) is 9.59 Å². The third-order valence-corrected chi connectivity index (χ3v) is 5.51. The summed E-state index contributed by atoms with van der Waals surface area (Å²) in [4.78, 5) is 47.3. The van der Waals surface area contributed by atoms with Gasteiger partial charge < -0.3 is 40.0 Å². The summed E-state index contributed by atoms with van der Waals surface area (Å²) in [6, 6.07) is 5.34. The number of hydrogen-bond donors (Lipinski definition) is 5. The molecule has 0 radical (unpaired) electrons. The third-order valence-electron chi connectivity index (χ3n) is 5.51. The van der Waals surface area contributed by atoms with Gasteiger partial charge in [0.15, 0.2) is 6.29 Å². The molecule has 0 spiro atoms. The van der Waals surface area contributed by atoms with Crippen LogP contribution in [0.15, 0.2) is 46.8 Å². The van der Waals surface area contributed by atoms with E-state index in [4.69, 9.17) is 9.47 Å². The van der Waals surface area contributed by atoms with Crippen LogP contribution in [0.2, 0.25) is 0 Å². The lowest BCUT2D eigenvalue weighted by Gasteiger charge is -2.31. The number of nitro benzene ring substituents is 1. The minimum atomic E-state index is -2.04. The highest BCUT2D eigenvalue weighted by Gasteiger charge is 2.39. The Morgan fingerprint density at radius 2 is 1.67 bits per heavy atom. The molecule has 1 heterocycles. The average Bonchev–Trinajstić information content (AvgIpc) is 2.85. The molecule has 0 saturated carbocycles. The molecule has 1 unspecified atom stereocenters. The predicted octanol–water partition coefficient (Wildman–Crippen LogP) is -0.422. The molecule has 1 aliphatic rings. The first-order valence-electron chi connectivity index (χ1n) is 10.9. The fourth-order valence-electron chi connectivity index (χ4n) is 3.74. The predicted molar refractivity (Wildman–Crippen MR) is 122 cm³/mol. The molecule has 196 valence electrons. The number of nitro groups is 1. The highest BCUT2D eigenvalue weighted by atomic mass is 16.6. The maximum Gasteiger partial charge on any atom is 0.336 e. The highest BCUT2D eigenvalue weighted by molar-refractivity contribution is 6.00. The van der Waals surface area contributed by atoms with Gasteiger partial charge in [-0.2, -0.15) is 0 Å². The van der Waals surface area contributed by atoms with Crippen LogP contribution in [0.4, 0.5) is 5.69 Å². The molecule has 0 aliphatic carbocycles. The standard InChI is InChI=1S/C23H28N2O11/c1-4-35-22(31)17-11(2)24-12(3)18(19(17)13-6-5-7-14(8-13)25(33)34)23(32)36-10-16(28)21(30)20(29)15(27)9-26/h5-9,15-16,19-21,24,27-30H,4,10H2,1-3H3/t15-,16+,19?,20+,21-/m0/s1. The van der Waals surface area contributed by atoms with Crippen LogP contribution < -0.4 is 5.32 Å². The second-order valence-electron chi connectivity index (χ2n) is 7.98. The molecule has 0 saturated heterocycles. The number of rotatable bonds is 11. The summed E-state index contributed by atoms with van der Waals surface area (Å²) in [5.74, 6) is -2.94. The molecule has 1 aliphatic heterocycles. The number of non-ortho nitro benzene ring substituents is 1. The van der Waals surface area contributed by atoms with Crippen molar-refractivity contribution in [2.24, 2.45) is 0 Å². The summed E-state index contributed by atoms with van der Waals surface area (Å²) >= 11 is 0. The van der Waals surface area contributed by atoms with Crippen molar-refractivity contribution in [2.75, 3.05) is 13.2 Å². The number of carbonyl (C=O) groups is 3. The van der Waals surface area contributed by atoms with E-state index in [1.54, 1.807) is 13.8 Å². The Morgan fingerprint density at radius 3 is 2.19 bits per heavy atom. The number of esters is 2. The molecular formula is C23H28N2O11. The summed E-state index contributed by atoms with van der Waals surface area (Å²) in [5.41, 5.74) is 0.455. The van der Waals surface area contributed by atoms with Crippen LogP contribution in [0.25, 0.3) is 0 Å². The average molecular weight is 508 g/mol. The number of benzene rings is 1. The van der Waals surface area contributed by atoms with Crippen molar-refractivity contribution in [3.63, 3.8) is 0 Å². The van der Waals surface area contributed by atoms with E-state index in [1.165, 1.54) is 31.2 Å². The minimum absolute atomic E-state index is 0.0139. The zero-order chi connectivity index (χ0) is 27.2. The van der Waals surface area contributed by atoms with Gasteiger partial charge in [0.05, 0.1) is 28.6 Å². The van der Waals surface area contributed by atoms with E-state index in [1.807, 2.05) is 0 Å². The molecule has 0 amide bonds. The van der Waals surface area contributed by atoms with E-state index in [2.05, 4.69) is 5.32 Å². The first-order chi connectivity index (χ1) is 16.9. The van der Waals surface area contributed by atoms with E-state index < -0.39 is 53.8 Å². The fraction of sp³-hybridized carbons (Fsp3) is 0.435. The van der Waals surface area contributed by atoms with E-state index >= 15 is 0 Å². The topological polar surface area (TPSA) is 206 Å². The Bertz CT molecular complexity index is 1080. The lowest BCUT2D eigenvalue weighted by molar-refractivity contribution is -0.384. The van der Waals surface area contributed by atoms with Gasteiger partial charge in [-0.3, -0.25) is 10.1 Å². The van der Waals surface area contributed by atoms with Crippen molar-refractivity contribution in [2.45, 2.75) is 51.1 Å². The SMILES string of the molecule is CCOC(=O)C1=C(C)NC(C)=C(C(=O)OC[C@@H](O)[C@H](O)[C@H](O)[C@@H](O)C=O)C1c1cccc([N+](=O)[O-])c1. The molecular weight excluding hydrogens is 480 g/mol. The van der Waals surface area contributed by atoms with Crippen molar-refractivity contribution < 1.29 is 49.2 Å². The lowest BCUT2D eigenvalue weighted by atomic mass is 9.80. The van der Waals surface area contributed by atoms with Gasteiger partial charge in [-0.1, -0.05) is 12.1 Å². The summed E-state index contributed by atoms with van der Waals surface area (Å²) in [7, 11) is 0. The first kappa shape index (κ1) is 28.6. The van der Waals surface area contributed by atoms with Crippen molar-refractivity contribution in [1.82, 2.24) is 5.32 Å². The Morgan fingerprint density at radius 1 is 1.08 bits per heavy atom. The molecule has 5 atom stereocenters. The van der Waals surface area contributed by atoms with Crippen molar-refractivity contribution in [3.05, 3.63) is 62.5 Å². The second kappa shape index (κ2) is 12.4. The monoisotopic (exact) mass is 508 g/mol. The van der Waals surface area contributed by atoms with Gasteiger partial charge >= 0.3 is 11.9 Å². The van der Waals surface area contributed by atoms with E-state index in [0.717, 1.165) is 0 Å². The van der Waals surface area contributed by atoms with Gasteiger partial charge in [-0.15, -0.1) is 0 Å². The Labute approximate surface area is 205 Å². The summed E-state index contributed by atoms with van der Waals surface area (Å²) < 4.78 is 10.2. The van der Waals surface area contributed by atoms with Gasteiger partial charge in [0.25, 0.3) is 5.69 Å². The van der Waals surface area contributed by atoms with Crippen LogP contribution in [0.1, 0.15) is 32.3 Å². The number of nitrogens with one attached hydrogen (secondary N) is 1. The minimum Gasteiger partial charge on any atom is -0.463 e. The van der Waals surface area contributed by atoms with Crippen LogP contribution in [0.5, 0.6) is 0 Å². The zero-order valence-electron chi connectivity index (χ0n) is 19.8. The number of aliphatic hydroxyl groups is 4. The molecule has 1 aromatic rings. The second-order valence-corrected chi connectivity index (χ2v) is 7.98. The van der Waals surface area contributed by atoms with Crippen molar-refractivity contribution >= 4 is 23.9 Å². The van der Waals surface area contributed by atoms with Crippen LogP contribution >= 0.6 is 0 Å². The van der Waals surface area contributed by atoms with Gasteiger partial charge in [0.1, 0.15) is 31.0 Å². The number of nitrogens with zero attached hydrogens (tertiary/aromatic N) is 1. The van der Waals surface area contributed by atoms with E-state index in [-0.39, 0.29) is 41.0 Å². The normalized spacial score (nSPS) is 19.0. The summed E-state index contributed by atoms with van der Waals surface area (Å²) in [6.45, 7) is 3.85. The largest absolute Gasteiger partial charge is 0.463 e. The summed E-state index contributed by atoms with van der Waals surface area (Å²) in [5, 5.41) is 53.2. The van der Waals surface area contributed by atoms with Crippen LogP contribution in [0.3, 0.4) is 0 Å². The maximum absolute atomic E-state index is 13.1. The van der Waals surface area contributed by atoms with E-state index in [0.29, 0.717) is 5.70 Å². The Balaban J connectivity index is 2.44. The quantitative estimate of drug-likeness (QED) is 0.112. The van der Waals surface area contributed by atoms with Crippen molar-refractivity contribution in [1.29, 1.82) is 0 Å². The van der Waals surface area contributed by atoms with Crippen LogP contribution in [0, 0.1) is 10.1 Å². The smallest absolute Gasteiger partial charge is 0.336 e. The molecule has 1 aromatic carbocycles. The molecule has 0 aromatic heterocycles. The number of hydrogen-bond acceptors (Lipinski definition) is 12. The van der Waals surface area contributed by atoms with Gasteiger partial charge in [0.2, 0.25) is 0 Å². The first-order valence-corrected chi connectivity index (χ1v) is 10.9. The lowest BCUT2D eigenvalue weighted by Crippen LogP contribution is -2.47. The molecule has 0 bridgehead atoms. The fourth-order valence-corrected chi connectivity index (χ4v) is 3.74. The number of aliphatic hydroxyl groups excluding tert-OH is 4. The zero-order valence-corrected chi connectivity index (χ0v) is 19.8. The third kappa shape index (κ3) is 6.31. The van der Waals surface area contributed by atoms with E-state index in [9.17, 15) is 44.9 Å². The van der Waals surface area contributed by atoms with Crippen molar-refractivity contribution in [3.8, 4) is 0 Å². The maximum atomic E-state index is 13.1. The number of carbonyl (C=O) groups excluding carboxylic acids is 3. The number of aldehydes is 1. The van der Waals surface area contributed by atoms with Crippen LogP contribution in [-0.2, 0) is 23.9 Å². The Hall–Kier alpha value is -3.65. The van der Waals surface area contributed by atoms with Crippen LogP contribution in [-0.4, -0.2) is 81.2 Å². The molecule has 0 fully saturated rings. The Kier molecular flexibility index (Phi) is 9.81. The number of ether oxygens (including phenoxy) is 2. The molecule has 5 N–H and O–H groups in total. The molecule has 13 nitrogen and oxygen atoms in total. The highest BCUT2D eigenvalue weighted by Crippen LogP contribution is 2.40. The summed E-state index contributed by atoms with van der Waals surface area (Å²) in [6.07, 6.45) is -7.95. The molecule has 2 rings (SSSR count). The number of allylic oxidation sites excluding steroid dienone is 2.